The number of nitrogens with zero attached hydrogens (tertiary/aromatic N) is 3. The zero-order chi connectivity index (χ0) is 25.5. The Morgan fingerprint density at radius 3 is 2.29 bits per heavy atom. The van der Waals surface area contributed by atoms with E-state index in [2.05, 4.69) is 15.4 Å². The van der Waals surface area contributed by atoms with Crippen molar-refractivity contribution in [1.29, 1.82) is 0 Å². The van der Waals surface area contributed by atoms with Crippen LogP contribution in [0.4, 0.5) is 5.69 Å². The lowest BCUT2D eigenvalue weighted by molar-refractivity contribution is 0.0967. The molecule has 1 aliphatic carbocycles. The highest BCUT2D eigenvalue weighted by Gasteiger charge is 2.30. The molecule has 1 saturated carbocycles. The number of rotatable bonds is 5. The summed E-state index contributed by atoms with van der Waals surface area (Å²) in [7, 11) is 0. The van der Waals surface area contributed by atoms with Crippen LogP contribution in [0.3, 0.4) is 0 Å². The van der Waals surface area contributed by atoms with Crippen LogP contribution in [0.5, 0.6) is 0 Å². The first-order valence-corrected chi connectivity index (χ1v) is 12.4. The number of hydrogen-bond donors (Lipinski definition) is 1. The van der Waals surface area contributed by atoms with Crippen LogP contribution in [0, 0.1) is 12.8 Å². The molecule has 4 aromatic rings. The number of aromatic nitrogens is 3. The average Bonchev–Trinajstić information content (AvgIpc) is 3.65. The van der Waals surface area contributed by atoms with E-state index in [0.29, 0.717) is 21.9 Å². The number of halogens is 1. The lowest BCUT2D eigenvalue weighted by Gasteiger charge is -2.06. The van der Waals surface area contributed by atoms with Crippen LogP contribution in [-0.2, 0) is 0 Å². The van der Waals surface area contributed by atoms with E-state index in [1.807, 2.05) is 58.9 Å². The normalized spacial score (nSPS) is 12.2. The molecule has 2 aromatic carbocycles. The van der Waals surface area contributed by atoms with Crippen molar-refractivity contribution >= 4 is 34.6 Å². The number of anilines is 1. The summed E-state index contributed by atoms with van der Waals surface area (Å²) in [6.45, 7) is 9.94. The quantitative estimate of drug-likeness (QED) is 0.299. The van der Waals surface area contributed by atoms with E-state index in [9.17, 15) is 9.59 Å². The fourth-order valence-corrected chi connectivity index (χ4v) is 3.65. The van der Waals surface area contributed by atoms with E-state index in [4.69, 9.17) is 11.6 Å². The fraction of sp³-hybridized carbons (Fsp3) is 0.286. The van der Waals surface area contributed by atoms with E-state index < -0.39 is 0 Å². The number of aryl methyl sites for hydroxylation is 1. The predicted octanol–water partition coefficient (Wildman–Crippen LogP) is 7.26. The molecule has 0 bridgehead atoms. The molecular formula is C28H31ClN4O2. The zero-order valence-electron chi connectivity index (χ0n) is 20.8. The lowest BCUT2D eigenvalue weighted by atomic mass is 10.1. The van der Waals surface area contributed by atoms with Gasteiger partial charge in [-0.3, -0.25) is 9.59 Å². The molecule has 1 N–H and O–H groups in total. The van der Waals surface area contributed by atoms with Crippen molar-refractivity contribution in [2.75, 3.05) is 5.32 Å². The zero-order valence-corrected chi connectivity index (χ0v) is 21.6. The summed E-state index contributed by atoms with van der Waals surface area (Å²) in [5, 5.41) is 7.95. The molecule has 0 atom stereocenters. The third-order valence-electron chi connectivity index (χ3n) is 5.43. The summed E-state index contributed by atoms with van der Waals surface area (Å²) >= 11 is 6.28. The molecule has 0 saturated heterocycles. The van der Waals surface area contributed by atoms with E-state index in [1.54, 1.807) is 41.0 Å². The summed E-state index contributed by atoms with van der Waals surface area (Å²) in [5.41, 5.74) is 4.75. The third-order valence-corrected chi connectivity index (χ3v) is 5.84. The first-order chi connectivity index (χ1) is 17.0. The molecule has 0 radical (unpaired) electrons. The largest absolute Gasteiger partial charge is 0.321 e. The Morgan fingerprint density at radius 2 is 1.66 bits per heavy atom. The molecule has 0 unspecified atom stereocenters. The average molecular weight is 491 g/mol. The number of carbonyl (C=O) groups excluding carboxylic acids is 2. The minimum absolute atomic E-state index is 0.170. The molecule has 6 nitrogen and oxygen atoms in total. The Kier molecular flexibility index (Phi) is 8.77. The van der Waals surface area contributed by atoms with Crippen molar-refractivity contribution < 1.29 is 9.59 Å². The van der Waals surface area contributed by atoms with Crippen LogP contribution in [0.2, 0.25) is 5.02 Å². The van der Waals surface area contributed by atoms with Gasteiger partial charge >= 0.3 is 0 Å². The number of amides is 1. The van der Waals surface area contributed by atoms with Gasteiger partial charge < -0.3 is 5.32 Å². The van der Waals surface area contributed by atoms with Crippen LogP contribution in [0.1, 0.15) is 66.9 Å². The Hall–Kier alpha value is -3.51. The van der Waals surface area contributed by atoms with Gasteiger partial charge in [0.05, 0.1) is 5.69 Å². The van der Waals surface area contributed by atoms with Gasteiger partial charge in [0.1, 0.15) is 0 Å². The maximum atomic E-state index is 12.8. The molecule has 0 aliphatic heterocycles. The standard InChI is InChI=1S/C24H19ClN4O2.2C2H6/c1-14-2-3-17(12-19(14)25)21-10-11-26-22-13-20(28-29(21)22)24(31)27-18-8-6-16(7-9-18)23(30)15-4-5-15;2*1-2/h2-3,6-13,15H,4-5H2,1H3,(H,27,31);2*1-2H3. The van der Waals surface area contributed by atoms with Crippen molar-refractivity contribution in [2.45, 2.75) is 47.5 Å². The van der Waals surface area contributed by atoms with Gasteiger partial charge in [0, 0.05) is 40.0 Å². The number of carbonyl (C=O) groups is 2. The number of ketones is 1. The molecular weight excluding hydrogens is 460 g/mol. The maximum absolute atomic E-state index is 12.8. The minimum atomic E-state index is -0.348. The van der Waals surface area contributed by atoms with Gasteiger partial charge in [-0.05, 0) is 61.7 Å². The summed E-state index contributed by atoms with van der Waals surface area (Å²) < 4.78 is 1.63. The van der Waals surface area contributed by atoms with Crippen LogP contribution in [0.25, 0.3) is 16.9 Å². The molecule has 7 heteroatoms. The van der Waals surface area contributed by atoms with E-state index in [0.717, 1.165) is 29.7 Å². The molecule has 35 heavy (non-hydrogen) atoms. The molecule has 0 spiro atoms. The van der Waals surface area contributed by atoms with Crippen molar-refractivity contribution in [2.24, 2.45) is 5.92 Å². The monoisotopic (exact) mass is 490 g/mol. The Labute approximate surface area is 211 Å². The molecule has 182 valence electrons. The summed E-state index contributed by atoms with van der Waals surface area (Å²) in [6.07, 6.45) is 3.61. The number of hydrogen-bond acceptors (Lipinski definition) is 4. The molecule has 5 rings (SSSR count). The van der Waals surface area contributed by atoms with Gasteiger partial charge in [-0.25, -0.2) is 9.50 Å². The van der Waals surface area contributed by atoms with Gasteiger partial charge in [0.15, 0.2) is 17.1 Å². The summed E-state index contributed by atoms with van der Waals surface area (Å²) in [4.78, 5) is 29.2. The lowest BCUT2D eigenvalue weighted by Crippen LogP contribution is -2.13. The molecule has 1 aliphatic rings. The van der Waals surface area contributed by atoms with Gasteiger partial charge in [0.2, 0.25) is 0 Å². The fourth-order valence-electron chi connectivity index (χ4n) is 3.47. The highest BCUT2D eigenvalue weighted by molar-refractivity contribution is 6.31. The number of fused-ring (bicyclic) bond motifs is 1. The van der Waals surface area contributed by atoms with Gasteiger partial charge in [0.25, 0.3) is 5.91 Å². The highest BCUT2D eigenvalue weighted by atomic mass is 35.5. The second-order valence-electron chi connectivity index (χ2n) is 7.76. The van der Waals surface area contributed by atoms with Gasteiger partial charge in [-0.15, -0.1) is 0 Å². The Morgan fingerprint density at radius 1 is 0.971 bits per heavy atom. The summed E-state index contributed by atoms with van der Waals surface area (Å²) in [6, 6.07) is 16.2. The smallest absolute Gasteiger partial charge is 0.276 e. The topological polar surface area (TPSA) is 76.4 Å². The van der Waals surface area contributed by atoms with Crippen molar-refractivity contribution in [3.8, 4) is 11.3 Å². The van der Waals surface area contributed by atoms with Crippen molar-refractivity contribution in [3.05, 3.63) is 82.6 Å². The summed E-state index contributed by atoms with van der Waals surface area (Å²) in [5.74, 6) is -0.00350. The van der Waals surface area contributed by atoms with Crippen LogP contribution >= 0.6 is 11.6 Å². The predicted molar refractivity (Wildman–Crippen MR) is 142 cm³/mol. The second-order valence-corrected chi connectivity index (χ2v) is 8.17. The SMILES string of the molecule is CC.CC.Cc1ccc(-c2ccnc3cc(C(=O)Nc4ccc(C(=O)C5CC5)cc4)nn23)cc1Cl. The Bertz CT molecular complexity index is 1320. The minimum Gasteiger partial charge on any atom is -0.321 e. The van der Waals surface area contributed by atoms with Gasteiger partial charge in [-0.1, -0.05) is 51.4 Å². The van der Waals surface area contributed by atoms with E-state index in [-0.39, 0.29) is 23.3 Å². The van der Waals surface area contributed by atoms with E-state index in [1.165, 1.54) is 0 Å². The van der Waals surface area contributed by atoms with Crippen molar-refractivity contribution in [3.63, 3.8) is 0 Å². The Balaban J connectivity index is 0.000000815. The number of benzene rings is 2. The highest BCUT2D eigenvalue weighted by Crippen LogP contribution is 2.32. The first kappa shape index (κ1) is 26.1. The maximum Gasteiger partial charge on any atom is 0.276 e. The van der Waals surface area contributed by atoms with Crippen molar-refractivity contribution in [1.82, 2.24) is 14.6 Å². The van der Waals surface area contributed by atoms with Crippen LogP contribution in [-0.4, -0.2) is 26.3 Å². The molecule has 2 heterocycles. The first-order valence-electron chi connectivity index (χ1n) is 12.1. The molecule has 2 aromatic heterocycles. The second kappa shape index (κ2) is 11.8. The van der Waals surface area contributed by atoms with Gasteiger partial charge in [-0.2, -0.15) is 5.10 Å². The van der Waals surface area contributed by atoms with Crippen LogP contribution in [0.15, 0.2) is 60.8 Å². The third kappa shape index (κ3) is 5.95. The number of nitrogens with one attached hydrogen (secondary N) is 1. The molecule has 1 amide bonds. The molecule has 1 fully saturated rings. The van der Waals surface area contributed by atoms with E-state index >= 15 is 0 Å². The van der Waals surface area contributed by atoms with Crippen LogP contribution < -0.4 is 5.32 Å². The number of Topliss-reactive ketones (excluding diaryl/α,β-unsaturated/α-hetero) is 1.